The number of fused-ring (bicyclic) bond motifs is 1. The van der Waals surface area contributed by atoms with Crippen molar-refractivity contribution in [3.8, 4) is 11.5 Å². The highest BCUT2D eigenvalue weighted by molar-refractivity contribution is 5.81. The number of hydrogen-bond donors (Lipinski definition) is 0. The highest BCUT2D eigenvalue weighted by Crippen LogP contribution is 2.27. The van der Waals surface area contributed by atoms with Crippen LogP contribution in [0.25, 0.3) is 17.0 Å². The molecule has 0 aliphatic carbocycles. The van der Waals surface area contributed by atoms with Gasteiger partial charge in [0.05, 0.1) is 5.52 Å². The molecule has 0 amide bonds. The van der Waals surface area contributed by atoms with Crippen molar-refractivity contribution in [3.05, 3.63) is 65.7 Å². The average Bonchev–Trinajstić information content (AvgIpc) is 2.69. The Bertz CT molecular complexity index is 1040. The minimum absolute atomic E-state index is 0.0298. The van der Waals surface area contributed by atoms with E-state index in [0.29, 0.717) is 0 Å². The first-order valence-electron chi connectivity index (χ1n) is 9.24. The number of halogens is 3. The van der Waals surface area contributed by atoms with E-state index in [-0.39, 0.29) is 11.5 Å². The van der Waals surface area contributed by atoms with Gasteiger partial charge in [-0.2, -0.15) is 0 Å². The van der Waals surface area contributed by atoms with Crippen LogP contribution in [0.15, 0.2) is 60.2 Å². The van der Waals surface area contributed by atoms with Gasteiger partial charge in [0.25, 0.3) is 0 Å². The van der Waals surface area contributed by atoms with Crippen LogP contribution >= 0.6 is 0 Å². The fraction of sp³-hybridized carbons (Fsp3) is 0.227. The average molecular weight is 399 g/mol. The Morgan fingerprint density at radius 1 is 0.966 bits per heavy atom. The molecule has 149 valence electrons. The minimum Gasteiger partial charge on any atom is -0.406 e. The maximum atomic E-state index is 12.2. The maximum Gasteiger partial charge on any atom is 0.573 e. The van der Waals surface area contributed by atoms with Gasteiger partial charge in [-0.05, 0) is 60.9 Å². The first-order valence-corrected chi connectivity index (χ1v) is 9.24. The van der Waals surface area contributed by atoms with E-state index in [0.717, 1.165) is 48.2 Å². The first-order chi connectivity index (χ1) is 13.9. The fourth-order valence-electron chi connectivity index (χ4n) is 3.44. The molecule has 29 heavy (non-hydrogen) atoms. The third kappa shape index (κ3) is 4.80. The topological polar surface area (TPSA) is 45.3 Å². The van der Waals surface area contributed by atoms with Crippen LogP contribution in [0.5, 0.6) is 11.5 Å². The molecule has 3 aromatic rings. The van der Waals surface area contributed by atoms with E-state index < -0.39 is 6.36 Å². The zero-order valence-electron chi connectivity index (χ0n) is 15.4. The van der Waals surface area contributed by atoms with Gasteiger partial charge in [0, 0.05) is 18.5 Å². The summed E-state index contributed by atoms with van der Waals surface area (Å²) < 4.78 is 40.6. The van der Waals surface area contributed by atoms with Crippen LogP contribution in [0.4, 0.5) is 19.0 Å². The van der Waals surface area contributed by atoms with Crippen molar-refractivity contribution in [2.45, 2.75) is 19.2 Å². The number of hydrogen-bond acceptors (Lipinski definition) is 3. The van der Waals surface area contributed by atoms with Crippen LogP contribution in [0.2, 0.25) is 0 Å². The Kier molecular flexibility index (Phi) is 5.05. The molecule has 0 N–H and O–H groups in total. The number of pyridine rings is 1. The van der Waals surface area contributed by atoms with E-state index >= 15 is 0 Å². The third-order valence-electron chi connectivity index (χ3n) is 4.86. The van der Waals surface area contributed by atoms with Crippen LogP contribution in [0.3, 0.4) is 0 Å². The number of alkyl halides is 3. The Balaban J connectivity index is 1.40. The van der Waals surface area contributed by atoms with Crippen LogP contribution in [0, 0.1) is 0 Å². The van der Waals surface area contributed by atoms with Crippen LogP contribution in [-0.2, 0) is 5.11 Å². The van der Waals surface area contributed by atoms with E-state index in [2.05, 4.69) is 14.6 Å². The first kappa shape index (κ1) is 19.1. The molecule has 1 radical (unpaired) electrons. The van der Waals surface area contributed by atoms with E-state index in [1.807, 2.05) is 18.2 Å². The normalized spacial score (nSPS) is 14.9. The summed E-state index contributed by atoms with van der Waals surface area (Å²) in [4.78, 5) is 6.85. The van der Waals surface area contributed by atoms with E-state index in [1.54, 1.807) is 24.3 Å². The molecular formula is C22H18F3N2O2. The molecule has 1 aliphatic heterocycles. The number of nitrogens with zero attached hydrogens (tertiary/aromatic N) is 2. The SMILES string of the molecule is [O]c1ccc2nc(N3CCC(=Cc4ccc(OC(F)(F)F)cc4)CC3)ccc2c1. The van der Waals surface area contributed by atoms with Gasteiger partial charge in [-0.1, -0.05) is 23.8 Å². The second kappa shape index (κ2) is 7.66. The standard InChI is InChI=1S/C22H18F3N2O2/c23-22(24,25)29-19-5-1-15(2-6-19)13-16-9-11-27(12-10-16)21-8-3-17-14-18(28)4-7-20(17)26-21/h1-8,13-14H,9-12H2. The van der Waals surface area contributed by atoms with Crippen molar-refractivity contribution >= 4 is 22.8 Å². The number of anilines is 1. The minimum atomic E-state index is -4.68. The summed E-state index contributed by atoms with van der Waals surface area (Å²) in [7, 11) is 0. The predicted octanol–water partition coefficient (Wildman–Crippen LogP) is 5.96. The molecule has 0 unspecified atom stereocenters. The third-order valence-corrected chi connectivity index (χ3v) is 4.86. The van der Waals surface area contributed by atoms with Crippen molar-refractivity contribution in [1.29, 1.82) is 0 Å². The summed E-state index contributed by atoms with van der Waals surface area (Å²) in [6, 6.07) is 14.6. The highest BCUT2D eigenvalue weighted by Gasteiger charge is 2.30. The fourth-order valence-corrected chi connectivity index (χ4v) is 3.44. The van der Waals surface area contributed by atoms with Gasteiger partial charge in [0.1, 0.15) is 11.6 Å². The Morgan fingerprint density at radius 3 is 2.38 bits per heavy atom. The number of ether oxygens (including phenoxy) is 1. The largest absolute Gasteiger partial charge is 0.573 e. The predicted molar refractivity (Wildman–Crippen MR) is 104 cm³/mol. The molecule has 0 atom stereocenters. The zero-order valence-corrected chi connectivity index (χ0v) is 15.4. The summed E-state index contributed by atoms with van der Waals surface area (Å²) >= 11 is 0. The molecule has 1 fully saturated rings. The van der Waals surface area contributed by atoms with Crippen molar-refractivity contribution < 1.29 is 23.0 Å². The molecule has 7 heteroatoms. The molecule has 0 bridgehead atoms. The Labute approximate surface area is 165 Å². The molecule has 1 saturated heterocycles. The molecule has 2 heterocycles. The van der Waals surface area contributed by atoms with E-state index in [9.17, 15) is 18.3 Å². The van der Waals surface area contributed by atoms with Crippen molar-refractivity contribution in [2.24, 2.45) is 0 Å². The molecule has 1 aliphatic rings. The van der Waals surface area contributed by atoms with Gasteiger partial charge in [0.15, 0.2) is 5.75 Å². The summed E-state index contributed by atoms with van der Waals surface area (Å²) in [5, 5.41) is 12.3. The molecule has 1 aromatic heterocycles. The summed E-state index contributed by atoms with van der Waals surface area (Å²) in [6.45, 7) is 1.61. The number of rotatable bonds is 3. The van der Waals surface area contributed by atoms with Gasteiger partial charge < -0.3 is 9.64 Å². The molecule has 4 nitrogen and oxygen atoms in total. The summed E-state index contributed by atoms with van der Waals surface area (Å²) in [5.74, 6) is 0.627. The van der Waals surface area contributed by atoms with Crippen molar-refractivity contribution in [3.63, 3.8) is 0 Å². The Hall–Kier alpha value is -3.22. The molecule has 4 rings (SSSR count). The molecule has 0 spiro atoms. The van der Waals surface area contributed by atoms with Gasteiger partial charge >= 0.3 is 6.36 Å². The van der Waals surface area contributed by atoms with Crippen molar-refractivity contribution in [1.82, 2.24) is 4.98 Å². The highest BCUT2D eigenvalue weighted by atomic mass is 19.4. The molecule has 2 aromatic carbocycles. The lowest BCUT2D eigenvalue weighted by Gasteiger charge is -2.29. The van der Waals surface area contributed by atoms with Gasteiger partial charge in [-0.3, -0.25) is 5.11 Å². The van der Waals surface area contributed by atoms with Crippen LogP contribution in [0.1, 0.15) is 18.4 Å². The maximum absolute atomic E-state index is 12.2. The van der Waals surface area contributed by atoms with Crippen LogP contribution < -0.4 is 9.64 Å². The summed E-state index contributed by atoms with van der Waals surface area (Å²) in [6.07, 6.45) is -0.973. The summed E-state index contributed by atoms with van der Waals surface area (Å²) in [5.41, 5.74) is 2.88. The monoisotopic (exact) mass is 399 g/mol. The van der Waals surface area contributed by atoms with Crippen molar-refractivity contribution in [2.75, 3.05) is 18.0 Å². The lowest BCUT2D eigenvalue weighted by Crippen LogP contribution is -2.31. The second-order valence-corrected chi connectivity index (χ2v) is 6.93. The smallest absolute Gasteiger partial charge is 0.406 e. The van der Waals surface area contributed by atoms with Gasteiger partial charge in [-0.15, -0.1) is 13.2 Å². The number of piperidine rings is 1. The van der Waals surface area contributed by atoms with Gasteiger partial charge in [0.2, 0.25) is 0 Å². The Morgan fingerprint density at radius 2 is 1.69 bits per heavy atom. The quantitative estimate of drug-likeness (QED) is 0.546. The lowest BCUT2D eigenvalue weighted by atomic mass is 10.0. The van der Waals surface area contributed by atoms with Crippen LogP contribution in [-0.4, -0.2) is 24.4 Å². The van der Waals surface area contributed by atoms with E-state index in [1.165, 1.54) is 23.8 Å². The molecule has 0 saturated carbocycles. The number of aromatic nitrogens is 1. The number of benzene rings is 2. The zero-order chi connectivity index (χ0) is 20.4. The van der Waals surface area contributed by atoms with E-state index in [4.69, 9.17) is 0 Å². The lowest BCUT2D eigenvalue weighted by molar-refractivity contribution is -0.274. The van der Waals surface area contributed by atoms with Gasteiger partial charge in [-0.25, -0.2) is 4.98 Å². The second-order valence-electron chi connectivity index (χ2n) is 6.93. The molecular weight excluding hydrogens is 381 g/mol.